The zero-order chi connectivity index (χ0) is 19.8. The van der Waals surface area contributed by atoms with Crippen LogP contribution in [0.15, 0.2) is 36.7 Å². The lowest BCUT2D eigenvalue weighted by molar-refractivity contribution is -0.137. The first-order chi connectivity index (χ1) is 12.6. The molecule has 0 atom stereocenters. The average molecular weight is 385 g/mol. The summed E-state index contributed by atoms with van der Waals surface area (Å²) in [5, 5.41) is 2.19. The Kier molecular flexibility index (Phi) is 4.81. The molecule has 0 aliphatic carbocycles. The average Bonchev–Trinajstić information content (AvgIpc) is 2.57. The van der Waals surface area contributed by atoms with E-state index in [1.54, 1.807) is 0 Å². The van der Waals surface area contributed by atoms with E-state index in [1.165, 1.54) is 0 Å². The van der Waals surface area contributed by atoms with Gasteiger partial charge >= 0.3 is 6.18 Å². The summed E-state index contributed by atoms with van der Waals surface area (Å²) in [7, 11) is 0. The predicted molar refractivity (Wildman–Crippen MR) is 84.4 cm³/mol. The summed E-state index contributed by atoms with van der Waals surface area (Å²) < 4.78 is 65.4. The molecule has 27 heavy (non-hydrogen) atoms. The summed E-state index contributed by atoms with van der Waals surface area (Å²) in [5.74, 6) is -2.47. The molecule has 5 nitrogen and oxygen atoms in total. The summed E-state index contributed by atoms with van der Waals surface area (Å²) in [6.07, 6.45) is -4.07. The minimum absolute atomic E-state index is 0.203. The molecule has 0 unspecified atom stereocenters. The first-order valence-electron chi connectivity index (χ1n) is 7.71. The van der Waals surface area contributed by atoms with Crippen LogP contribution in [0.1, 0.15) is 26.3 Å². The number of aromatic nitrogens is 1. The second kappa shape index (κ2) is 6.93. The Morgan fingerprint density at radius 3 is 2.37 bits per heavy atom. The largest absolute Gasteiger partial charge is 0.416 e. The maximum atomic E-state index is 13.2. The molecule has 10 heteroatoms. The van der Waals surface area contributed by atoms with Crippen molar-refractivity contribution >= 4 is 17.5 Å². The van der Waals surface area contributed by atoms with Gasteiger partial charge in [0.25, 0.3) is 11.8 Å². The first kappa shape index (κ1) is 18.7. The Morgan fingerprint density at radius 1 is 1.07 bits per heavy atom. The highest BCUT2D eigenvalue weighted by atomic mass is 19.4. The lowest BCUT2D eigenvalue weighted by Gasteiger charge is -2.34. The van der Waals surface area contributed by atoms with Crippen LogP contribution in [0.25, 0.3) is 0 Å². The van der Waals surface area contributed by atoms with Crippen LogP contribution in [0.4, 0.5) is 27.6 Å². The molecular formula is C17H12F5N3O2. The van der Waals surface area contributed by atoms with Gasteiger partial charge in [-0.05, 0) is 24.3 Å². The maximum absolute atomic E-state index is 13.2. The van der Waals surface area contributed by atoms with Crippen molar-refractivity contribution in [1.29, 1.82) is 0 Å². The van der Waals surface area contributed by atoms with Gasteiger partial charge in [0.15, 0.2) is 0 Å². The number of carbonyl (C=O) groups is 2. The van der Waals surface area contributed by atoms with Gasteiger partial charge in [-0.1, -0.05) is 0 Å². The highest BCUT2D eigenvalue weighted by molar-refractivity contribution is 6.05. The topological polar surface area (TPSA) is 62.3 Å². The Labute approximate surface area is 149 Å². The van der Waals surface area contributed by atoms with Gasteiger partial charge in [-0.3, -0.25) is 14.6 Å². The fourth-order valence-corrected chi connectivity index (χ4v) is 2.50. The van der Waals surface area contributed by atoms with Gasteiger partial charge in [-0.2, -0.15) is 13.2 Å². The number of halogens is 5. The molecule has 0 bridgehead atoms. The van der Waals surface area contributed by atoms with Crippen LogP contribution in [0.5, 0.6) is 0 Å². The van der Waals surface area contributed by atoms with Crippen molar-refractivity contribution in [3.05, 3.63) is 59.2 Å². The van der Waals surface area contributed by atoms with Crippen molar-refractivity contribution in [3.63, 3.8) is 0 Å². The molecule has 1 saturated heterocycles. The van der Waals surface area contributed by atoms with Crippen molar-refractivity contribution in [2.75, 3.05) is 18.4 Å². The molecule has 2 aromatic rings. The molecule has 3 rings (SSSR count). The number of alkyl halides is 4. The van der Waals surface area contributed by atoms with Gasteiger partial charge in [-0.15, -0.1) is 0 Å². The summed E-state index contributed by atoms with van der Waals surface area (Å²) in [6.45, 7) is -0.405. The number of benzene rings is 1. The molecule has 2 amide bonds. The highest BCUT2D eigenvalue weighted by Gasteiger charge is 2.35. The van der Waals surface area contributed by atoms with Crippen LogP contribution in [0.2, 0.25) is 0 Å². The number of carbonyl (C=O) groups excluding carboxylic acids is 2. The number of hydrogen-bond donors (Lipinski definition) is 1. The minimum Gasteiger partial charge on any atom is -0.333 e. The quantitative estimate of drug-likeness (QED) is 0.825. The molecular weight excluding hydrogens is 373 g/mol. The number of nitrogens with zero attached hydrogens (tertiary/aromatic N) is 2. The van der Waals surface area contributed by atoms with Crippen molar-refractivity contribution in [1.82, 2.24) is 9.88 Å². The summed E-state index contributed by atoms with van der Waals surface area (Å²) in [5.41, 5.74) is -2.01. The van der Waals surface area contributed by atoms with Gasteiger partial charge in [-0.25, -0.2) is 8.78 Å². The SMILES string of the molecule is O=C(Nc1cc(C(=O)N2CC(F)C2)cc(C(F)(F)F)c1)c1cncc(F)c1. The molecule has 1 aromatic heterocycles. The van der Waals surface area contributed by atoms with Crippen LogP contribution in [0, 0.1) is 5.82 Å². The molecule has 0 spiro atoms. The van der Waals surface area contributed by atoms with Crippen LogP contribution in [0.3, 0.4) is 0 Å². The predicted octanol–water partition coefficient (Wildman–Crippen LogP) is 3.29. The fraction of sp³-hybridized carbons (Fsp3) is 0.235. The number of pyridine rings is 1. The summed E-state index contributed by atoms with van der Waals surface area (Å²) in [6, 6.07) is 3.19. The van der Waals surface area contributed by atoms with E-state index >= 15 is 0 Å². The van der Waals surface area contributed by atoms with Crippen LogP contribution >= 0.6 is 0 Å². The third-order valence-corrected chi connectivity index (χ3v) is 3.86. The number of hydrogen-bond acceptors (Lipinski definition) is 3. The third kappa shape index (κ3) is 4.21. The molecule has 0 saturated carbocycles. The normalized spacial score (nSPS) is 14.6. The van der Waals surface area contributed by atoms with Gasteiger partial charge in [0, 0.05) is 17.4 Å². The summed E-state index contributed by atoms with van der Waals surface area (Å²) >= 11 is 0. The van der Waals surface area contributed by atoms with Gasteiger partial charge in [0.05, 0.1) is 30.4 Å². The first-order valence-corrected chi connectivity index (χ1v) is 7.71. The lowest BCUT2D eigenvalue weighted by Crippen LogP contribution is -2.51. The fourth-order valence-electron chi connectivity index (χ4n) is 2.50. The van der Waals surface area contributed by atoms with E-state index in [-0.39, 0.29) is 29.9 Å². The van der Waals surface area contributed by atoms with Crippen LogP contribution < -0.4 is 5.32 Å². The second-order valence-electron chi connectivity index (χ2n) is 5.95. The smallest absolute Gasteiger partial charge is 0.333 e. The minimum atomic E-state index is -4.77. The van der Waals surface area contributed by atoms with Crippen LogP contribution in [-0.2, 0) is 6.18 Å². The molecule has 1 fully saturated rings. The number of likely N-dealkylation sites (tertiary alicyclic amines) is 1. The maximum Gasteiger partial charge on any atom is 0.416 e. The monoisotopic (exact) mass is 385 g/mol. The Hall–Kier alpha value is -3.04. The molecule has 0 radical (unpaired) electrons. The van der Waals surface area contributed by atoms with Crippen molar-refractivity contribution in [2.24, 2.45) is 0 Å². The molecule has 1 aliphatic heterocycles. The summed E-state index contributed by atoms with van der Waals surface area (Å²) in [4.78, 5) is 28.9. The van der Waals surface area contributed by atoms with Gasteiger partial charge in [0.1, 0.15) is 12.0 Å². The van der Waals surface area contributed by atoms with Gasteiger partial charge < -0.3 is 10.2 Å². The lowest BCUT2D eigenvalue weighted by atomic mass is 10.0. The second-order valence-corrected chi connectivity index (χ2v) is 5.95. The van der Waals surface area contributed by atoms with E-state index in [0.717, 1.165) is 29.4 Å². The molecule has 2 heterocycles. The number of rotatable bonds is 3. The molecule has 1 aliphatic rings. The number of amides is 2. The van der Waals surface area contributed by atoms with Crippen molar-refractivity contribution in [2.45, 2.75) is 12.3 Å². The zero-order valence-electron chi connectivity index (χ0n) is 13.6. The standard InChI is InChI=1S/C17H12F5N3O2/c18-12-2-10(5-23-6-12)15(26)24-14-3-9(1-11(4-14)17(20,21)22)16(27)25-7-13(19)8-25/h1-6,13H,7-8H2,(H,24,26). The van der Waals surface area contributed by atoms with E-state index in [9.17, 15) is 31.5 Å². The zero-order valence-corrected chi connectivity index (χ0v) is 13.6. The van der Waals surface area contributed by atoms with Gasteiger partial charge in [0.2, 0.25) is 0 Å². The highest BCUT2D eigenvalue weighted by Crippen LogP contribution is 2.33. The third-order valence-electron chi connectivity index (χ3n) is 3.86. The van der Waals surface area contributed by atoms with E-state index in [2.05, 4.69) is 10.3 Å². The van der Waals surface area contributed by atoms with E-state index in [4.69, 9.17) is 0 Å². The molecule has 1 aromatic carbocycles. The van der Waals surface area contributed by atoms with Crippen molar-refractivity contribution in [3.8, 4) is 0 Å². The number of nitrogens with one attached hydrogen (secondary N) is 1. The molecule has 142 valence electrons. The Bertz CT molecular complexity index is 894. The van der Waals surface area contributed by atoms with E-state index in [1.807, 2.05) is 0 Å². The van der Waals surface area contributed by atoms with E-state index in [0.29, 0.717) is 12.1 Å². The Balaban J connectivity index is 1.90. The number of anilines is 1. The molecule has 1 N–H and O–H groups in total. The Morgan fingerprint density at radius 2 is 1.78 bits per heavy atom. The van der Waals surface area contributed by atoms with Crippen LogP contribution in [-0.4, -0.2) is 41.0 Å². The van der Waals surface area contributed by atoms with E-state index < -0.39 is 35.5 Å². The van der Waals surface area contributed by atoms with Crippen molar-refractivity contribution < 1.29 is 31.5 Å².